The van der Waals surface area contributed by atoms with Crippen LogP contribution in [-0.4, -0.2) is 63.7 Å². The highest BCUT2D eigenvalue weighted by molar-refractivity contribution is 5.75. The van der Waals surface area contributed by atoms with Crippen molar-refractivity contribution in [1.29, 1.82) is 0 Å². The zero-order valence-electron chi connectivity index (χ0n) is 12.1. The van der Waals surface area contributed by atoms with Crippen LogP contribution in [-0.2, 0) is 11.8 Å². The van der Waals surface area contributed by atoms with E-state index in [1.54, 1.807) is 0 Å². The first-order valence-electron chi connectivity index (χ1n) is 6.57. The quantitative estimate of drug-likeness (QED) is 0.858. The first-order valence-corrected chi connectivity index (χ1v) is 6.57. The number of nitrogens with zero attached hydrogens (tertiary/aromatic N) is 4. The first-order chi connectivity index (χ1) is 8.91. The molecule has 1 fully saturated rings. The molecular weight excluding hydrogens is 244 g/mol. The summed E-state index contributed by atoms with van der Waals surface area (Å²) in [6.45, 7) is 7.16. The fourth-order valence-electron chi connectivity index (χ4n) is 2.53. The van der Waals surface area contributed by atoms with Gasteiger partial charge in [-0.1, -0.05) is 0 Å². The molecule has 0 amide bonds. The summed E-state index contributed by atoms with van der Waals surface area (Å²) in [7, 11) is 3.98. The number of imidazole rings is 1. The van der Waals surface area contributed by atoms with E-state index in [4.69, 9.17) is 0 Å². The van der Waals surface area contributed by atoms with Crippen molar-refractivity contribution in [3.8, 4) is 0 Å². The summed E-state index contributed by atoms with van der Waals surface area (Å²) in [4.78, 5) is 20.3. The molecule has 106 valence electrons. The van der Waals surface area contributed by atoms with Crippen molar-refractivity contribution in [3.63, 3.8) is 0 Å². The van der Waals surface area contributed by atoms with E-state index in [0.717, 1.165) is 37.7 Å². The number of aryl methyl sites for hydroxylation is 1. The van der Waals surface area contributed by atoms with Crippen molar-refractivity contribution in [1.82, 2.24) is 19.4 Å². The number of aromatic nitrogens is 2. The van der Waals surface area contributed by atoms with Crippen LogP contribution in [0.15, 0.2) is 0 Å². The number of carbonyl (C=O) groups is 1. The highest BCUT2D eigenvalue weighted by Crippen LogP contribution is 2.24. The van der Waals surface area contributed by atoms with Gasteiger partial charge in [-0.2, -0.15) is 0 Å². The number of hydrogen-bond acceptors (Lipinski definition) is 4. The zero-order valence-corrected chi connectivity index (χ0v) is 12.1. The Balaban J connectivity index is 2.30. The maximum atomic E-state index is 11.6. The van der Waals surface area contributed by atoms with E-state index in [9.17, 15) is 9.90 Å². The van der Waals surface area contributed by atoms with Gasteiger partial charge >= 0.3 is 5.97 Å². The van der Waals surface area contributed by atoms with Crippen LogP contribution in [0.5, 0.6) is 0 Å². The number of likely N-dealkylation sites (N-methyl/N-ethyl adjacent to an activating group) is 1. The van der Waals surface area contributed by atoms with Crippen molar-refractivity contribution >= 4 is 5.97 Å². The Hall–Kier alpha value is -1.40. The molecule has 6 heteroatoms. The maximum Gasteiger partial charge on any atom is 0.327 e. The Labute approximate surface area is 113 Å². The van der Waals surface area contributed by atoms with Gasteiger partial charge in [0.1, 0.15) is 5.82 Å². The first kappa shape index (κ1) is 14.0. The van der Waals surface area contributed by atoms with Crippen molar-refractivity contribution in [2.45, 2.75) is 19.9 Å². The number of carboxylic acids is 1. The summed E-state index contributed by atoms with van der Waals surface area (Å²) >= 11 is 0. The molecule has 6 nitrogen and oxygen atoms in total. The monoisotopic (exact) mass is 266 g/mol. The van der Waals surface area contributed by atoms with Gasteiger partial charge in [0.05, 0.1) is 5.69 Å². The maximum absolute atomic E-state index is 11.6. The van der Waals surface area contributed by atoms with E-state index in [2.05, 4.69) is 16.9 Å². The zero-order chi connectivity index (χ0) is 14.2. The molecule has 1 aromatic rings. The number of piperazine rings is 1. The van der Waals surface area contributed by atoms with Crippen LogP contribution in [0.2, 0.25) is 0 Å². The lowest BCUT2D eigenvalue weighted by molar-refractivity contribution is -0.144. The standard InChI is InChI=1S/C13H22N4O2/c1-9-11(14-10(2)16(9)4)12(13(18)19)17-7-5-15(3)6-8-17/h12H,5-8H2,1-4H3,(H,18,19). The number of hydrogen-bond donors (Lipinski definition) is 1. The van der Waals surface area contributed by atoms with Crippen LogP contribution in [0, 0.1) is 13.8 Å². The molecule has 1 unspecified atom stereocenters. The molecule has 1 atom stereocenters. The summed E-state index contributed by atoms with van der Waals surface area (Å²) in [5.41, 5.74) is 1.61. The molecule has 0 bridgehead atoms. The molecule has 1 N–H and O–H groups in total. The van der Waals surface area contributed by atoms with Crippen LogP contribution < -0.4 is 0 Å². The molecule has 0 aromatic carbocycles. The summed E-state index contributed by atoms with van der Waals surface area (Å²) in [5, 5.41) is 9.56. The minimum atomic E-state index is -0.814. The summed E-state index contributed by atoms with van der Waals surface area (Å²) < 4.78 is 1.95. The molecule has 2 heterocycles. The van der Waals surface area contributed by atoms with Crippen LogP contribution in [0.1, 0.15) is 23.3 Å². The van der Waals surface area contributed by atoms with Crippen molar-refractivity contribution < 1.29 is 9.90 Å². The summed E-state index contributed by atoms with van der Waals surface area (Å²) in [5.74, 6) is 0.0404. The van der Waals surface area contributed by atoms with Crippen molar-refractivity contribution in [3.05, 3.63) is 17.2 Å². The van der Waals surface area contributed by atoms with Gasteiger partial charge in [0.15, 0.2) is 6.04 Å². The molecule has 19 heavy (non-hydrogen) atoms. The summed E-state index contributed by atoms with van der Waals surface area (Å²) in [6.07, 6.45) is 0. The second-order valence-electron chi connectivity index (χ2n) is 5.27. The average Bonchev–Trinajstić information content (AvgIpc) is 2.60. The molecule has 0 aliphatic carbocycles. The van der Waals surface area contributed by atoms with Crippen LogP contribution in [0.4, 0.5) is 0 Å². The van der Waals surface area contributed by atoms with E-state index < -0.39 is 12.0 Å². The minimum absolute atomic E-state index is 0.631. The minimum Gasteiger partial charge on any atom is -0.480 e. The highest BCUT2D eigenvalue weighted by Gasteiger charge is 2.33. The predicted molar refractivity (Wildman–Crippen MR) is 72.1 cm³/mol. The molecule has 0 saturated carbocycles. The van der Waals surface area contributed by atoms with Gasteiger partial charge in [0, 0.05) is 38.9 Å². The van der Waals surface area contributed by atoms with Gasteiger partial charge in [-0.25, -0.2) is 4.98 Å². The Morgan fingerprint density at radius 2 is 1.79 bits per heavy atom. The third kappa shape index (κ3) is 2.64. The predicted octanol–water partition coefficient (Wildman–Crippen LogP) is 0.410. The topological polar surface area (TPSA) is 61.6 Å². The van der Waals surface area contributed by atoms with E-state index in [-0.39, 0.29) is 0 Å². The van der Waals surface area contributed by atoms with Gasteiger partial charge in [-0.15, -0.1) is 0 Å². The van der Waals surface area contributed by atoms with Crippen LogP contribution in [0.25, 0.3) is 0 Å². The fourth-order valence-corrected chi connectivity index (χ4v) is 2.53. The van der Waals surface area contributed by atoms with E-state index >= 15 is 0 Å². The summed E-state index contributed by atoms with van der Waals surface area (Å²) in [6, 6.07) is -0.631. The number of rotatable bonds is 3. The van der Waals surface area contributed by atoms with Gasteiger partial charge in [-0.05, 0) is 20.9 Å². The second kappa shape index (κ2) is 5.30. The fraction of sp³-hybridized carbons (Fsp3) is 0.692. The Morgan fingerprint density at radius 1 is 1.21 bits per heavy atom. The van der Waals surface area contributed by atoms with Crippen molar-refractivity contribution in [2.75, 3.05) is 33.2 Å². The Kier molecular flexibility index (Phi) is 3.91. The molecule has 1 saturated heterocycles. The van der Waals surface area contributed by atoms with Gasteiger partial charge in [0.2, 0.25) is 0 Å². The lowest BCUT2D eigenvalue weighted by Crippen LogP contribution is -2.48. The largest absolute Gasteiger partial charge is 0.480 e. The van der Waals surface area contributed by atoms with Crippen LogP contribution >= 0.6 is 0 Å². The third-order valence-corrected chi connectivity index (χ3v) is 4.04. The molecule has 1 aliphatic heterocycles. The van der Waals surface area contributed by atoms with E-state index in [1.165, 1.54) is 0 Å². The highest BCUT2D eigenvalue weighted by atomic mass is 16.4. The van der Waals surface area contributed by atoms with Gasteiger partial charge < -0.3 is 14.6 Å². The lowest BCUT2D eigenvalue weighted by atomic mass is 10.1. The number of carboxylic acid groups (broad SMARTS) is 1. The molecule has 1 aliphatic rings. The number of aliphatic carboxylic acids is 1. The van der Waals surface area contributed by atoms with E-state index in [0.29, 0.717) is 5.69 Å². The molecular formula is C13H22N4O2. The normalized spacial score (nSPS) is 19.6. The lowest BCUT2D eigenvalue weighted by Gasteiger charge is -2.35. The Bertz CT molecular complexity index is 475. The van der Waals surface area contributed by atoms with Gasteiger partial charge in [-0.3, -0.25) is 9.69 Å². The Morgan fingerprint density at radius 3 is 2.21 bits per heavy atom. The smallest absolute Gasteiger partial charge is 0.327 e. The second-order valence-corrected chi connectivity index (χ2v) is 5.27. The van der Waals surface area contributed by atoms with Gasteiger partial charge in [0.25, 0.3) is 0 Å². The third-order valence-electron chi connectivity index (χ3n) is 4.04. The molecule has 1 aromatic heterocycles. The average molecular weight is 266 g/mol. The molecule has 0 spiro atoms. The van der Waals surface area contributed by atoms with Crippen molar-refractivity contribution in [2.24, 2.45) is 7.05 Å². The molecule has 2 rings (SSSR count). The van der Waals surface area contributed by atoms with E-state index in [1.807, 2.05) is 30.4 Å². The van der Waals surface area contributed by atoms with Crippen LogP contribution in [0.3, 0.4) is 0 Å². The molecule has 0 radical (unpaired) electrons. The SMILES string of the molecule is Cc1nc(C(C(=O)O)N2CCN(C)CC2)c(C)n1C.